The van der Waals surface area contributed by atoms with Crippen molar-refractivity contribution in [1.82, 2.24) is 10.1 Å². The molecule has 1 aromatic heterocycles. The van der Waals surface area contributed by atoms with Gasteiger partial charge in [0.15, 0.2) is 5.82 Å². The van der Waals surface area contributed by atoms with Crippen LogP contribution in [0.25, 0.3) is 11.5 Å². The number of anilines is 2. The normalized spacial score (nSPS) is 16.6. The maximum atomic E-state index is 12.6. The van der Waals surface area contributed by atoms with E-state index < -0.39 is 0 Å². The molecule has 7 nitrogen and oxygen atoms in total. The van der Waals surface area contributed by atoms with Crippen LogP contribution in [0.3, 0.4) is 0 Å². The van der Waals surface area contributed by atoms with E-state index in [-0.39, 0.29) is 24.2 Å². The topological polar surface area (TPSA) is 88.3 Å². The van der Waals surface area contributed by atoms with Gasteiger partial charge >= 0.3 is 0 Å². The molecule has 4 rings (SSSR count). The average molecular weight is 362 g/mol. The smallest absolute Gasteiger partial charge is 0.257 e. The monoisotopic (exact) mass is 362 g/mol. The largest absolute Gasteiger partial charge is 0.334 e. The molecule has 0 radical (unpaired) electrons. The Labute approximate surface area is 156 Å². The molecule has 0 bridgehead atoms. The predicted octanol–water partition coefficient (Wildman–Crippen LogP) is 3.04. The van der Waals surface area contributed by atoms with Crippen LogP contribution in [0.5, 0.6) is 0 Å². The predicted molar refractivity (Wildman–Crippen MR) is 100 cm³/mol. The van der Waals surface area contributed by atoms with Gasteiger partial charge in [0, 0.05) is 29.9 Å². The lowest BCUT2D eigenvalue weighted by Crippen LogP contribution is -2.28. The Kier molecular flexibility index (Phi) is 4.42. The van der Waals surface area contributed by atoms with E-state index in [0.717, 1.165) is 11.3 Å². The van der Waals surface area contributed by atoms with Gasteiger partial charge in [-0.2, -0.15) is 4.98 Å². The molecule has 1 aliphatic heterocycles. The van der Waals surface area contributed by atoms with E-state index in [1.165, 1.54) is 0 Å². The Hall–Kier alpha value is -3.48. The van der Waals surface area contributed by atoms with Gasteiger partial charge < -0.3 is 14.7 Å². The molecule has 27 heavy (non-hydrogen) atoms. The maximum Gasteiger partial charge on any atom is 0.257 e. The highest BCUT2D eigenvalue weighted by Crippen LogP contribution is 2.26. The number of aromatic nitrogens is 2. The number of hydrogen-bond donors (Lipinski definition) is 1. The second-order valence-corrected chi connectivity index (χ2v) is 6.45. The van der Waals surface area contributed by atoms with E-state index in [4.69, 9.17) is 4.52 Å². The van der Waals surface area contributed by atoms with E-state index in [2.05, 4.69) is 15.5 Å². The summed E-state index contributed by atoms with van der Waals surface area (Å²) >= 11 is 0. The maximum absolute atomic E-state index is 12.6. The van der Waals surface area contributed by atoms with E-state index in [9.17, 15) is 9.59 Å². The molecular weight excluding hydrogens is 344 g/mol. The average Bonchev–Trinajstić information content (AvgIpc) is 3.29. The molecule has 1 aliphatic rings. The minimum absolute atomic E-state index is 0.0385. The molecule has 0 aliphatic carbocycles. The number of carbonyl (C=O) groups is 2. The van der Waals surface area contributed by atoms with Crippen molar-refractivity contribution in [1.29, 1.82) is 0 Å². The first kappa shape index (κ1) is 17.0. The molecule has 2 heterocycles. The number of aryl methyl sites for hydroxylation is 1. The van der Waals surface area contributed by atoms with E-state index in [1.54, 1.807) is 36.1 Å². The third-order valence-electron chi connectivity index (χ3n) is 4.49. The lowest BCUT2D eigenvalue weighted by atomic mass is 10.1. The van der Waals surface area contributed by atoms with Crippen molar-refractivity contribution in [3.05, 3.63) is 60.4 Å². The van der Waals surface area contributed by atoms with Crippen molar-refractivity contribution in [3.63, 3.8) is 0 Å². The molecule has 3 aromatic rings. The Morgan fingerprint density at radius 1 is 1.15 bits per heavy atom. The van der Waals surface area contributed by atoms with Crippen molar-refractivity contribution in [2.75, 3.05) is 16.8 Å². The van der Waals surface area contributed by atoms with Crippen molar-refractivity contribution in [2.45, 2.75) is 13.3 Å². The lowest BCUT2D eigenvalue weighted by molar-refractivity contribution is -0.122. The first-order valence-corrected chi connectivity index (χ1v) is 8.67. The zero-order valence-corrected chi connectivity index (χ0v) is 14.8. The highest BCUT2D eigenvalue weighted by atomic mass is 16.5. The zero-order chi connectivity index (χ0) is 18.8. The second kappa shape index (κ2) is 7.03. The summed E-state index contributed by atoms with van der Waals surface area (Å²) in [6, 6.07) is 16.6. The van der Waals surface area contributed by atoms with Crippen molar-refractivity contribution in [2.24, 2.45) is 5.92 Å². The highest BCUT2D eigenvalue weighted by molar-refractivity contribution is 6.03. The quantitative estimate of drug-likeness (QED) is 0.771. The van der Waals surface area contributed by atoms with Crippen LogP contribution in [0.2, 0.25) is 0 Å². The van der Waals surface area contributed by atoms with Crippen LogP contribution in [-0.2, 0) is 9.59 Å². The molecule has 1 fully saturated rings. The molecule has 2 amide bonds. The van der Waals surface area contributed by atoms with E-state index in [0.29, 0.717) is 23.9 Å². The Morgan fingerprint density at radius 2 is 1.89 bits per heavy atom. The van der Waals surface area contributed by atoms with Crippen LogP contribution in [0, 0.1) is 12.8 Å². The summed E-state index contributed by atoms with van der Waals surface area (Å²) in [5, 5.41) is 6.64. The number of hydrogen-bond acceptors (Lipinski definition) is 5. The van der Waals surface area contributed by atoms with Gasteiger partial charge in [0.25, 0.3) is 5.89 Å². The zero-order valence-electron chi connectivity index (χ0n) is 14.8. The van der Waals surface area contributed by atoms with Crippen LogP contribution >= 0.6 is 0 Å². The van der Waals surface area contributed by atoms with Gasteiger partial charge in [0.1, 0.15) is 0 Å². The standard InChI is InChI=1S/C20H18N4O3/c1-13-21-20(27-23-13)14-7-9-16(10-8-14)22-19(26)15-11-18(25)24(12-15)17-5-3-2-4-6-17/h2-10,15H,11-12H2,1H3,(H,22,26). The fraction of sp³-hybridized carbons (Fsp3) is 0.200. The van der Waals surface area contributed by atoms with Crippen LogP contribution in [0.15, 0.2) is 59.1 Å². The molecule has 0 spiro atoms. The Morgan fingerprint density at radius 3 is 2.56 bits per heavy atom. The van der Waals surface area contributed by atoms with Crippen molar-refractivity contribution < 1.29 is 14.1 Å². The number of benzene rings is 2. The minimum Gasteiger partial charge on any atom is -0.334 e. The summed E-state index contributed by atoms with van der Waals surface area (Å²) < 4.78 is 5.13. The third-order valence-corrected chi connectivity index (χ3v) is 4.49. The molecule has 0 saturated carbocycles. The molecular formula is C20H18N4O3. The summed E-state index contributed by atoms with van der Waals surface area (Å²) in [5.41, 5.74) is 2.25. The lowest BCUT2D eigenvalue weighted by Gasteiger charge is -2.16. The number of rotatable bonds is 4. The van der Waals surface area contributed by atoms with E-state index in [1.807, 2.05) is 30.3 Å². The Bertz CT molecular complexity index is 966. The number of amides is 2. The molecule has 1 unspecified atom stereocenters. The first-order chi connectivity index (χ1) is 13.1. The molecule has 1 saturated heterocycles. The fourth-order valence-corrected chi connectivity index (χ4v) is 3.10. The van der Waals surface area contributed by atoms with Gasteiger partial charge in [-0.25, -0.2) is 0 Å². The van der Waals surface area contributed by atoms with Gasteiger partial charge in [0.2, 0.25) is 11.8 Å². The fourth-order valence-electron chi connectivity index (χ4n) is 3.10. The van der Waals surface area contributed by atoms with Gasteiger partial charge in [-0.05, 0) is 43.3 Å². The number of para-hydroxylation sites is 1. The van der Waals surface area contributed by atoms with Crippen LogP contribution in [0.1, 0.15) is 12.2 Å². The summed E-state index contributed by atoms with van der Waals surface area (Å²) in [4.78, 5) is 30.7. The van der Waals surface area contributed by atoms with Gasteiger partial charge in [-0.3, -0.25) is 9.59 Å². The molecule has 2 aromatic carbocycles. The van der Waals surface area contributed by atoms with Gasteiger partial charge in [-0.15, -0.1) is 0 Å². The highest BCUT2D eigenvalue weighted by Gasteiger charge is 2.35. The Balaban J connectivity index is 1.41. The third kappa shape index (κ3) is 3.57. The second-order valence-electron chi connectivity index (χ2n) is 6.45. The molecule has 7 heteroatoms. The summed E-state index contributed by atoms with van der Waals surface area (Å²) in [7, 11) is 0. The van der Waals surface area contributed by atoms with Crippen LogP contribution in [0.4, 0.5) is 11.4 Å². The number of nitrogens with zero attached hydrogens (tertiary/aromatic N) is 3. The molecule has 1 atom stereocenters. The van der Waals surface area contributed by atoms with E-state index >= 15 is 0 Å². The van der Waals surface area contributed by atoms with Crippen molar-refractivity contribution in [3.8, 4) is 11.5 Å². The van der Waals surface area contributed by atoms with Gasteiger partial charge in [-0.1, -0.05) is 23.4 Å². The van der Waals surface area contributed by atoms with Crippen molar-refractivity contribution >= 4 is 23.2 Å². The number of nitrogens with one attached hydrogen (secondary N) is 1. The van der Waals surface area contributed by atoms with Gasteiger partial charge in [0.05, 0.1) is 5.92 Å². The summed E-state index contributed by atoms with van der Waals surface area (Å²) in [6.45, 7) is 2.14. The first-order valence-electron chi connectivity index (χ1n) is 8.67. The van der Waals surface area contributed by atoms with Crippen LogP contribution in [-0.4, -0.2) is 28.5 Å². The minimum atomic E-state index is -0.379. The summed E-state index contributed by atoms with van der Waals surface area (Å²) in [6.07, 6.45) is 0.208. The molecule has 1 N–H and O–H groups in total. The molecule has 136 valence electrons. The SMILES string of the molecule is Cc1noc(-c2ccc(NC(=O)C3CC(=O)N(c4ccccc4)C3)cc2)n1. The number of carbonyl (C=O) groups excluding carboxylic acids is 2. The summed E-state index contributed by atoms with van der Waals surface area (Å²) in [5.74, 6) is 0.420. The van der Waals surface area contributed by atoms with Crippen LogP contribution < -0.4 is 10.2 Å².